The van der Waals surface area contributed by atoms with Gasteiger partial charge < -0.3 is 0 Å². The van der Waals surface area contributed by atoms with Crippen LogP contribution in [0.15, 0.2) is 64.4 Å². The molecular weight excluding hydrogens is 334 g/mol. The molecule has 124 valence electrons. The summed E-state index contributed by atoms with van der Waals surface area (Å²) in [5.74, 6) is 0. The average Bonchev–Trinajstić information content (AvgIpc) is 2.46. The second-order valence-electron chi connectivity index (χ2n) is 5.84. The molecule has 0 aromatic heterocycles. The highest BCUT2D eigenvalue weighted by atomic mass is 32.2. The highest BCUT2D eigenvalue weighted by Crippen LogP contribution is 2.24. The maximum absolute atomic E-state index is 12.6. The first-order valence-corrected chi connectivity index (χ1v) is 10.3. The average molecular weight is 353 g/mol. The fourth-order valence-corrected chi connectivity index (χ4v) is 4.37. The number of sulfonamides is 1. The lowest BCUT2D eigenvalue weighted by Gasteiger charge is -2.26. The van der Waals surface area contributed by atoms with Crippen molar-refractivity contribution < 1.29 is 16.8 Å². The minimum atomic E-state index is -3.86. The second-order valence-corrected chi connectivity index (χ2v) is 9.54. The van der Waals surface area contributed by atoms with E-state index in [1.54, 1.807) is 13.8 Å². The number of hydrogen-bond acceptors (Lipinski definition) is 4. The van der Waals surface area contributed by atoms with Gasteiger partial charge in [0, 0.05) is 6.26 Å². The molecule has 7 heteroatoms. The third-order valence-corrected chi connectivity index (χ3v) is 6.19. The van der Waals surface area contributed by atoms with Crippen molar-refractivity contribution in [3.05, 3.63) is 60.2 Å². The van der Waals surface area contributed by atoms with Gasteiger partial charge in [0.05, 0.1) is 15.3 Å². The summed E-state index contributed by atoms with van der Waals surface area (Å²) in [6, 6.07) is 14.5. The van der Waals surface area contributed by atoms with Crippen LogP contribution in [0.25, 0.3) is 0 Å². The molecule has 2 aromatic carbocycles. The van der Waals surface area contributed by atoms with Crippen LogP contribution in [-0.4, -0.2) is 23.1 Å². The van der Waals surface area contributed by atoms with Gasteiger partial charge in [-0.15, -0.1) is 0 Å². The topological polar surface area (TPSA) is 80.3 Å². The first-order valence-electron chi connectivity index (χ1n) is 6.92. The van der Waals surface area contributed by atoms with Gasteiger partial charge in [0.1, 0.15) is 0 Å². The number of rotatable bonds is 5. The molecule has 0 unspecified atom stereocenters. The molecule has 0 aliphatic carbocycles. The zero-order chi connectivity index (χ0) is 17.3. The Kier molecular flexibility index (Phi) is 4.66. The minimum Gasteiger partial charge on any atom is -0.224 e. The molecule has 0 heterocycles. The van der Waals surface area contributed by atoms with E-state index in [4.69, 9.17) is 0 Å². The lowest BCUT2D eigenvalue weighted by Crippen LogP contribution is -2.40. The van der Waals surface area contributed by atoms with Gasteiger partial charge in [-0.05, 0) is 37.6 Å². The van der Waals surface area contributed by atoms with Gasteiger partial charge in [0.15, 0.2) is 9.84 Å². The van der Waals surface area contributed by atoms with Crippen LogP contribution in [0.1, 0.15) is 19.4 Å². The molecule has 0 aliphatic heterocycles. The Labute approximate surface area is 137 Å². The van der Waals surface area contributed by atoms with E-state index in [2.05, 4.69) is 4.72 Å². The predicted octanol–water partition coefficient (Wildman–Crippen LogP) is 2.30. The Morgan fingerprint density at radius 3 is 1.96 bits per heavy atom. The van der Waals surface area contributed by atoms with Crippen LogP contribution >= 0.6 is 0 Å². The van der Waals surface area contributed by atoms with Gasteiger partial charge in [-0.25, -0.2) is 21.6 Å². The summed E-state index contributed by atoms with van der Waals surface area (Å²) in [4.78, 5) is -0.109. The Morgan fingerprint density at radius 1 is 0.826 bits per heavy atom. The fraction of sp³-hybridized carbons (Fsp3) is 0.250. The number of hydrogen-bond donors (Lipinski definition) is 1. The molecule has 0 amide bonds. The summed E-state index contributed by atoms with van der Waals surface area (Å²) in [6.45, 7) is 3.50. The van der Waals surface area contributed by atoms with Crippen molar-refractivity contribution in [2.24, 2.45) is 0 Å². The summed E-state index contributed by atoms with van der Waals surface area (Å²) in [6.07, 6.45) is 1.04. The van der Waals surface area contributed by atoms with Crippen molar-refractivity contribution in [2.75, 3.05) is 6.26 Å². The molecule has 2 rings (SSSR count). The highest BCUT2D eigenvalue weighted by Gasteiger charge is 2.28. The van der Waals surface area contributed by atoms with Crippen LogP contribution in [0.2, 0.25) is 0 Å². The van der Waals surface area contributed by atoms with Gasteiger partial charge >= 0.3 is 0 Å². The van der Waals surface area contributed by atoms with Crippen molar-refractivity contribution >= 4 is 19.9 Å². The van der Waals surface area contributed by atoms with Crippen LogP contribution in [-0.2, 0) is 25.4 Å². The molecule has 0 fully saturated rings. The molecule has 0 spiro atoms. The summed E-state index contributed by atoms with van der Waals surface area (Å²) in [7, 11) is -7.34. The molecule has 0 saturated carbocycles. The van der Waals surface area contributed by atoms with Crippen LogP contribution in [0, 0.1) is 0 Å². The van der Waals surface area contributed by atoms with Gasteiger partial charge in [-0.2, -0.15) is 0 Å². The van der Waals surface area contributed by atoms with E-state index >= 15 is 0 Å². The molecule has 0 aliphatic rings. The molecule has 0 bridgehead atoms. The molecule has 0 saturated heterocycles. The molecule has 0 radical (unpaired) electrons. The van der Waals surface area contributed by atoms with E-state index < -0.39 is 25.4 Å². The van der Waals surface area contributed by atoms with Crippen LogP contribution in [0.5, 0.6) is 0 Å². The zero-order valence-electron chi connectivity index (χ0n) is 13.1. The van der Waals surface area contributed by atoms with Crippen molar-refractivity contribution in [1.29, 1.82) is 0 Å². The van der Waals surface area contributed by atoms with E-state index in [0.29, 0.717) is 0 Å². The van der Waals surface area contributed by atoms with Gasteiger partial charge in [0.2, 0.25) is 10.0 Å². The van der Waals surface area contributed by atoms with Crippen molar-refractivity contribution in [3.8, 4) is 0 Å². The third-order valence-electron chi connectivity index (χ3n) is 3.43. The first kappa shape index (κ1) is 17.7. The minimum absolute atomic E-state index is 0.0297. The largest absolute Gasteiger partial charge is 0.241 e. The number of sulfone groups is 1. The quantitative estimate of drug-likeness (QED) is 0.894. The van der Waals surface area contributed by atoms with Crippen LogP contribution in [0.3, 0.4) is 0 Å². The van der Waals surface area contributed by atoms with Crippen molar-refractivity contribution in [2.45, 2.75) is 29.2 Å². The maximum Gasteiger partial charge on any atom is 0.241 e. The lowest BCUT2D eigenvalue weighted by molar-refractivity contribution is 0.472. The number of benzene rings is 2. The normalized spacial score (nSPS) is 13.0. The standard InChI is InChI=1S/C16H19NO4S2/c1-16(2,13-8-5-4-6-9-13)17-23(20,21)15-11-7-10-14(12-15)22(3,18)19/h4-12,17H,1-3H3. The summed E-state index contributed by atoms with van der Waals surface area (Å²) in [5, 5.41) is 0. The molecule has 0 atom stereocenters. The second kappa shape index (κ2) is 6.07. The van der Waals surface area contributed by atoms with E-state index in [1.807, 2.05) is 30.3 Å². The van der Waals surface area contributed by atoms with Gasteiger partial charge in [-0.3, -0.25) is 0 Å². The van der Waals surface area contributed by atoms with E-state index in [-0.39, 0.29) is 9.79 Å². The third kappa shape index (κ3) is 4.19. The van der Waals surface area contributed by atoms with Gasteiger partial charge in [0.25, 0.3) is 0 Å². The number of nitrogens with one attached hydrogen (secondary N) is 1. The molecule has 1 N–H and O–H groups in total. The summed E-state index contributed by atoms with van der Waals surface area (Å²) >= 11 is 0. The summed E-state index contributed by atoms with van der Waals surface area (Å²) in [5.41, 5.74) is -0.0240. The van der Waals surface area contributed by atoms with Crippen molar-refractivity contribution in [1.82, 2.24) is 4.72 Å². The Bertz CT molecular complexity index is 902. The van der Waals surface area contributed by atoms with E-state index in [9.17, 15) is 16.8 Å². The smallest absolute Gasteiger partial charge is 0.224 e. The maximum atomic E-state index is 12.6. The monoisotopic (exact) mass is 353 g/mol. The molecular formula is C16H19NO4S2. The van der Waals surface area contributed by atoms with Crippen molar-refractivity contribution in [3.63, 3.8) is 0 Å². The fourth-order valence-electron chi connectivity index (χ4n) is 2.18. The Balaban J connectivity index is 2.40. The van der Waals surface area contributed by atoms with Gasteiger partial charge in [-0.1, -0.05) is 36.4 Å². The van der Waals surface area contributed by atoms with E-state index in [1.165, 1.54) is 24.3 Å². The Hall–Kier alpha value is -1.70. The molecule has 5 nitrogen and oxygen atoms in total. The predicted molar refractivity (Wildman–Crippen MR) is 89.3 cm³/mol. The van der Waals surface area contributed by atoms with Crippen LogP contribution < -0.4 is 4.72 Å². The Morgan fingerprint density at radius 2 is 1.39 bits per heavy atom. The molecule has 2 aromatic rings. The SMILES string of the molecule is CC(C)(NS(=O)(=O)c1cccc(S(C)(=O)=O)c1)c1ccccc1. The highest BCUT2D eigenvalue weighted by molar-refractivity contribution is 7.91. The zero-order valence-corrected chi connectivity index (χ0v) is 14.8. The lowest BCUT2D eigenvalue weighted by atomic mass is 9.96. The first-order chi connectivity index (χ1) is 10.5. The molecule has 23 heavy (non-hydrogen) atoms. The van der Waals surface area contributed by atoms with Crippen LogP contribution in [0.4, 0.5) is 0 Å². The van der Waals surface area contributed by atoms with E-state index in [0.717, 1.165) is 11.8 Å². The summed E-state index contributed by atoms with van der Waals surface area (Å²) < 4.78 is 51.0.